The molecule has 2 rings (SSSR count). The Morgan fingerprint density at radius 1 is 1.12 bits per heavy atom. The molecule has 1 atom stereocenters. The lowest BCUT2D eigenvalue weighted by molar-refractivity contribution is 0.628. The minimum absolute atomic E-state index is 0.282. The molecule has 0 amide bonds. The molecule has 1 nitrogen and oxygen atoms in total. The zero-order valence-electron chi connectivity index (χ0n) is 9.52. The normalized spacial score (nSPS) is 11.8. The van der Waals surface area contributed by atoms with Crippen molar-refractivity contribution >= 4 is 0 Å². The molecule has 0 saturated carbocycles. The van der Waals surface area contributed by atoms with Gasteiger partial charge in [0, 0.05) is 5.56 Å². The van der Waals surface area contributed by atoms with E-state index in [1.807, 2.05) is 30.3 Å². The van der Waals surface area contributed by atoms with Crippen molar-refractivity contribution in [1.82, 2.24) is 0 Å². The summed E-state index contributed by atoms with van der Waals surface area (Å²) >= 11 is 0. The van der Waals surface area contributed by atoms with E-state index in [2.05, 4.69) is 6.07 Å². The van der Waals surface area contributed by atoms with Crippen molar-refractivity contribution in [3.8, 4) is 17.2 Å². The first-order chi connectivity index (χ1) is 8.22. The number of benzene rings is 2. The molecule has 2 heteroatoms. The van der Waals surface area contributed by atoms with Crippen molar-refractivity contribution in [1.29, 1.82) is 5.26 Å². The number of nitriles is 1. The van der Waals surface area contributed by atoms with Gasteiger partial charge in [-0.05, 0) is 24.1 Å². The molecule has 0 bridgehead atoms. The van der Waals surface area contributed by atoms with Crippen molar-refractivity contribution in [3.05, 3.63) is 59.9 Å². The third-order valence-electron chi connectivity index (χ3n) is 2.77. The minimum atomic E-state index is -0.283. The molecule has 0 saturated heterocycles. The summed E-state index contributed by atoms with van der Waals surface area (Å²) in [6, 6.07) is 16.5. The van der Waals surface area contributed by atoms with Crippen LogP contribution < -0.4 is 0 Å². The van der Waals surface area contributed by atoms with Gasteiger partial charge >= 0.3 is 0 Å². The van der Waals surface area contributed by atoms with Crippen molar-refractivity contribution in [2.75, 3.05) is 0 Å². The highest BCUT2D eigenvalue weighted by atomic mass is 19.1. The number of hydrogen-bond donors (Lipinski definition) is 0. The Bertz CT molecular complexity index is 555. The van der Waals surface area contributed by atoms with Gasteiger partial charge in [-0.3, -0.25) is 0 Å². The lowest BCUT2D eigenvalue weighted by Crippen LogP contribution is -1.92. The lowest BCUT2D eigenvalue weighted by atomic mass is 9.98. The highest BCUT2D eigenvalue weighted by Crippen LogP contribution is 2.25. The fraction of sp³-hybridized carbons (Fsp3) is 0.133. The third kappa shape index (κ3) is 2.34. The van der Waals surface area contributed by atoms with E-state index in [0.29, 0.717) is 11.1 Å². The maximum Gasteiger partial charge on any atom is 0.131 e. The molecule has 17 heavy (non-hydrogen) atoms. The highest BCUT2D eigenvalue weighted by Gasteiger charge is 2.09. The Morgan fingerprint density at radius 3 is 2.41 bits per heavy atom. The standard InChI is InChI=1S/C15H12FN/c1-11(10-17)13-7-8-14(15(16)9-13)12-5-3-2-4-6-12/h2-9,11H,1H3/t11-/m0/s1. The maximum atomic E-state index is 13.9. The van der Waals surface area contributed by atoms with E-state index in [4.69, 9.17) is 5.26 Å². The fourth-order valence-corrected chi connectivity index (χ4v) is 1.73. The Kier molecular flexibility index (Phi) is 3.20. The molecule has 0 aliphatic carbocycles. The van der Waals surface area contributed by atoms with Crippen LogP contribution in [-0.2, 0) is 0 Å². The number of rotatable bonds is 2. The van der Waals surface area contributed by atoms with Gasteiger partial charge in [0.2, 0.25) is 0 Å². The summed E-state index contributed by atoms with van der Waals surface area (Å²) < 4.78 is 13.9. The summed E-state index contributed by atoms with van der Waals surface area (Å²) in [6.45, 7) is 1.76. The second kappa shape index (κ2) is 4.80. The van der Waals surface area contributed by atoms with Crippen LogP contribution in [0.2, 0.25) is 0 Å². The monoisotopic (exact) mass is 225 g/mol. The Morgan fingerprint density at radius 2 is 1.82 bits per heavy atom. The summed E-state index contributed by atoms with van der Waals surface area (Å²) in [5.74, 6) is -0.565. The molecular formula is C15H12FN. The van der Waals surface area contributed by atoms with Crippen LogP contribution in [0.1, 0.15) is 18.4 Å². The Hall–Kier alpha value is -2.14. The summed E-state index contributed by atoms with van der Waals surface area (Å²) in [5.41, 5.74) is 2.13. The van der Waals surface area contributed by atoms with Gasteiger partial charge in [-0.25, -0.2) is 4.39 Å². The second-order valence-corrected chi connectivity index (χ2v) is 3.96. The Balaban J connectivity index is 2.43. The molecule has 0 aromatic heterocycles. The summed E-state index contributed by atoms with van der Waals surface area (Å²) in [6.07, 6.45) is 0. The molecule has 0 radical (unpaired) electrons. The molecule has 0 aliphatic rings. The molecule has 0 unspecified atom stereocenters. The quantitative estimate of drug-likeness (QED) is 0.754. The second-order valence-electron chi connectivity index (χ2n) is 3.96. The summed E-state index contributed by atoms with van der Waals surface area (Å²) in [5, 5.41) is 8.79. The van der Waals surface area contributed by atoms with Gasteiger partial charge in [0.05, 0.1) is 12.0 Å². The van der Waals surface area contributed by atoms with Gasteiger partial charge in [0.1, 0.15) is 5.82 Å². The molecular weight excluding hydrogens is 213 g/mol. The van der Waals surface area contributed by atoms with Crippen molar-refractivity contribution in [3.63, 3.8) is 0 Å². The van der Waals surface area contributed by atoms with Gasteiger partial charge in [-0.1, -0.05) is 42.5 Å². The van der Waals surface area contributed by atoms with Gasteiger partial charge in [0.25, 0.3) is 0 Å². The van der Waals surface area contributed by atoms with E-state index >= 15 is 0 Å². The van der Waals surface area contributed by atoms with Gasteiger partial charge in [-0.15, -0.1) is 0 Å². The average Bonchev–Trinajstić information content (AvgIpc) is 2.38. The molecule has 84 valence electrons. The van der Waals surface area contributed by atoms with Crippen LogP contribution in [0.25, 0.3) is 11.1 Å². The van der Waals surface area contributed by atoms with Crippen molar-refractivity contribution in [2.24, 2.45) is 0 Å². The smallest absolute Gasteiger partial charge is 0.131 e. The fourth-order valence-electron chi connectivity index (χ4n) is 1.73. The van der Waals surface area contributed by atoms with Crippen LogP contribution >= 0.6 is 0 Å². The van der Waals surface area contributed by atoms with E-state index < -0.39 is 0 Å². The van der Waals surface area contributed by atoms with Crippen molar-refractivity contribution < 1.29 is 4.39 Å². The Labute approximate surface area is 100 Å². The van der Waals surface area contributed by atoms with Gasteiger partial charge < -0.3 is 0 Å². The van der Waals surface area contributed by atoms with E-state index in [-0.39, 0.29) is 11.7 Å². The SMILES string of the molecule is C[C@@H](C#N)c1ccc(-c2ccccc2)c(F)c1. The zero-order valence-corrected chi connectivity index (χ0v) is 9.52. The van der Waals surface area contributed by atoms with E-state index in [0.717, 1.165) is 5.56 Å². The number of nitrogens with zero attached hydrogens (tertiary/aromatic N) is 1. The molecule has 0 heterocycles. The molecule has 0 N–H and O–H groups in total. The minimum Gasteiger partial charge on any atom is -0.206 e. The summed E-state index contributed by atoms with van der Waals surface area (Å²) in [4.78, 5) is 0. The van der Waals surface area contributed by atoms with Crippen molar-refractivity contribution in [2.45, 2.75) is 12.8 Å². The predicted octanol–water partition coefficient (Wildman–Crippen LogP) is 4.12. The zero-order chi connectivity index (χ0) is 12.3. The molecule has 2 aromatic rings. The van der Waals surface area contributed by atoms with Crippen LogP contribution in [0, 0.1) is 17.1 Å². The van der Waals surface area contributed by atoms with Gasteiger partial charge in [0.15, 0.2) is 0 Å². The van der Waals surface area contributed by atoms with E-state index in [1.54, 1.807) is 19.1 Å². The highest BCUT2D eigenvalue weighted by molar-refractivity contribution is 5.64. The molecule has 2 aromatic carbocycles. The average molecular weight is 225 g/mol. The van der Waals surface area contributed by atoms with Crippen LogP contribution in [0.3, 0.4) is 0 Å². The van der Waals surface area contributed by atoms with Gasteiger partial charge in [-0.2, -0.15) is 5.26 Å². The summed E-state index contributed by atoms with van der Waals surface area (Å²) in [7, 11) is 0. The van der Waals surface area contributed by atoms with Crippen LogP contribution in [0.4, 0.5) is 4.39 Å². The molecule has 0 fully saturated rings. The van der Waals surface area contributed by atoms with E-state index in [1.165, 1.54) is 6.07 Å². The largest absolute Gasteiger partial charge is 0.206 e. The first kappa shape index (κ1) is 11.3. The van der Waals surface area contributed by atoms with Crippen LogP contribution in [0.5, 0.6) is 0 Å². The predicted molar refractivity (Wildman–Crippen MR) is 65.9 cm³/mol. The van der Waals surface area contributed by atoms with E-state index in [9.17, 15) is 4.39 Å². The van der Waals surface area contributed by atoms with Crippen LogP contribution in [0.15, 0.2) is 48.5 Å². The first-order valence-corrected chi connectivity index (χ1v) is 5.47. The topological polar surface area (TPSA) is 23.8 Å². The number of hydrogen-bond acceptors (Lipinski definition) is 1. The number of halogens is 1. The molecule has 0 aliphatic heterocycles. The third-order valence-corrected chi connectivity index (χ3v) is 2.77. The lowest BCUT2D eigenvalue weighted by Gasteiger charge is -2.07. The maximum absolute atomic E-state index is 13.9. The first-order valence-electron chi connectivity index (χ1n) is 5.47. The molecule has 0 spiro atoms. The van der Waals surface area contributed by atoms with Crippen LogP contribution in [-0.4, -0.2) is 0 Å².